The zero-order chi connectivity index (χ0) is 14.4. The van der Waals surface area contributed by atoms with E-state index in [1.165, 1.54) is 38.9 Å². The Morgan fingerprint density at radius 1 is 1.39 bits per heavy atom. The molecule has 1 N–H and O–H groups in total. The van der Waals surface area contributed by atoms with Crippen molar-refractivity contribution in [2.24, 2.45) is 5.92 Å². The smallest absolute Gasteiger partial charge is 0.485 e. The van der Waals surface area contributed by atoms with Crippen LogP contribution in [0.1, 0.15) is 33.1 Å². The summed E-state index contributed by atoms with van der Waals surface area (Å²) < 4.78 is 58.9. The predicted octanol–water partition coefficient (Wildman–Crippen LogP) is 0.763. The van der Waals surface area contributed by atoms with Crippen LogP contribution in [0.3, 0.4) is 0 Å². The number of hydrogen-bond acceptors (Lipinski definition) is 3. The number of rotatable bonds is 3. The number of unbranched alkanes of at least 4 members (excludes halogenated alkanes) is 1. The van der Waals surface area contributed by atoms with E-state index in [2.05, 4.69) is 13.8 Å². The van der Waals surface area contributed by atoms with Gasteiger partial charge >= 0.3 is 5.51 Å². The highest BCUT2D eigenvalue weighted by Crippen LogP contribution is 2.20. The van der Waals surface area contributed by atoms with E-state index in [1.54, 1.807) is 0 Å². The van der Waals surface area contributed by atoms with Crippen LogP contribution < -0.4 is 4.90 Å². The Labute approximate surface area is 106 Å². The highest BCUT2D eigenvalue weighted by atomic mass is 32.2. The molecular weight excluding hydrogens is 271 g/mol. The van der Waals surface area contributed by atoms with Gasteiger partial charge in [-0.1, -0.05) is 20.3 Å². The lowest BCUT2D eigenvalue weighted by molar-refractivity contribution is -0.889. The van der Waals surface area contributed by atoms with Crippen molar-refractivity contribution < 1.29 is 31.0 Å². The number of hydrogen-bond donors (Lipinski definition) is 1. The summed E-state index contributed by atoms with van der Waals surface area (Å²) in [5.41, 5.74) is -5.65. The van der Waals surface area contributed by atoms with Gasteiger partial charge in [0.2, 0.25) is 0 Å². The van der Waals surface area contributed by atoms with Crippen LogP contribution in [0.25, 0.3) is 0 Å². The second-order valence-corrected chi connectivity index (χ2v) is 5.97. The minimum absolute atomic E-state index is 0.992. The maximum absolute atomic E-state index is 10.7. The lowest BCUT2D eigenvalue weighted by Crippen LogP contribution is -3.10. The molecule has 0 saturated carbocycles. The first-order valence-corrected chi connectivity index (χ1v) is 7.34. The summed E-state index contributed by atoms with van der Waals surface area (Å²) in [7, 11) is -6.09. The highest BCUT2D eigenvalue weighted by Gasteiger charge is 2.36. The van der Waals surface area contributed by atoms with Gasteiger partial charge in [0.25, 0.3) is 0 Å². The first-order valence-electron chi connectivity index (χ1n) is 5.93. The van der Waals surface area contributed by atoms with E-state index in [0.717, 1.165) is 5.92 Å². The lowest BCUT2D eigenvalue weighted by atomic mass is 10.2. The molecule has 2 unspecified atom stereocenters. The zero-order valence-electron chi connectivity index (χ0n) is 10.6. The van der Waals surface area contributed by atoms with Crippen molar-refractivity contribution >= 4 is 10.1 Å². The molecular formula is C10H20F3NO3S. The normalized spacial score (nSPS) is 24.6. The molecule has 0 bridgehead atoms. The monoisotopic (exact) mass is 291 g/mol. The van der Waals surface area contributed by atoms with Gasteiger partial charge in [0.15, 0.2) is 10.1 Å². The van der Waals surface area contributed by atoms with Crippen molar-refractivity contribution in [3.05, 3.63) is 0 Å². The van der Waals surface area contributed by atoms with Gasteiger partial charge in [0.05, 0.1) is 19.6 Å². The van der Waals surface area contributed by atoms with Crippen LogP contribution in [0.2, 0.25) is 0 Å². The minimum Gasteiger partial charge on any atom is -0.741 e. The van der Waals surface area contributed by atoms with Gasteiger partial charge in [-0.15, -0.1) is 0 Å². The molecule has 0 amide bonds. The Kier molecular flexibility index (Phi) is 7.16. The van der Waals surface area contributed by atoms with Crippen molar-refractivity contribution in [2.45, 2.75) is 38.6 Å². The molecule has 18 heavy (non-hydrogen) atoms. The Morgan fingerprint density at radius 3 is 2.17 bits per heavy atom. The van der Waals surface area contributed by atoms with Gasteiger partial charge < -0.3 is 9.45 Å². The van der Waals surface area contributed by atoms with E-state index in [9.17, 15) is 13.2 Å². The molecule has 1 aliphatic heterocycles. The van der Waals surface area contributed by atoms with Crippen LogP contribution in [-0.2, 0) is 10.1 Å². The third-order valence-corrected chi connectivity index (χ3v) is 3.36. The van der Waals surface area contributed by atoms with Crippen LogP contribution >= 0.6 is 0 Å². The number of likely N-dealkylation sites (tertiary alicyclic amines) is 1. The molecule has 0 aromatic carbocycles. The van der Waals surface area contributed by atoms with E-state index in [-0.39, 0.29) is 0 Å². The number of alkyl halides is 3. The minimum atomic E-state index is -6.09. The summed E-state index contributed by atoms with van der Waals surface area (Å²) in [6.07, 6.45) is 4.24. The summed E-state index contributed by atoms with van der Waals surface area (Å²) in [5, 5.41) is 0. The van der Waals surface area contributed by atoms with E-state index in [4.69, 9.17) is 13.0 Å². The largest absolute Gasteiger partial charge is 0.741 e. The van der Waals surface area contributed by atoms with E-state index in [1.807, 2.05) is 4.90 Å². The Balaban J connectivity index is 0.000000331. The first-order chi connectivity index (χ1) is 8.08. The van der Waals surface area contributed by atoms with Gasteiger partial charge in [-0.2, -0.15) is 13.2 Å². The van der Waals surface area contributed by atoms with E-state index < -0.39 is 15.6 Å². The van der Waals surface area contributed by atoms with E-state index >= 15 is 0 Å². The molecule has 1 saturated heterocycles. The van der Waals surface area contributed by atoms with Crippen LogP contribution in [0.15, 0.2) is 0 Å². The molecule has 0 aromatic rings. The third kappa shape index (κ3) is 7.17. The molecule has 0 aliphatic carbocycles. The summed E-state index contributed by atoms with van der Waals surface area (Å²) in [5.74, 6) is 0.992. The highest BCUT2D eigenvalue weighted by molar-refractivity contribution is 7.86. The Morgan fingerprint density at radius 2 is 1.89 bits per heavy atom. The summed E-state index contributed by atoms with van der Waals surface area (Å²) in [6.45, 7) is 8.93. The molecule has 0 aromatic heterocycles. The van der Waals surface area contributed by atoms with Crippen LogP contribution in [0.5, 0.6) is 0 Å². The second kappa shape index (κ2) is 7.30. The molecule has 1 heterocycles. The number of halogens is 3. The summed E-state index contributed by atoms with van der Waals surface area (Å²) in [6, 6.07) is 0. The number of nitrogens with one attached hydrogen (secondary N) is 1. The van der Waals surface area contributed by atoms with Gasteiger partial charge in [-0.05, 0) is 6.42 Å². The van der Waals surface area contributed by atoms with Crippen molar-refractivity contribution in [3.63, 3.8) is 0 Å². The molecule has 8 heteroatoms. The second-order valence-electron chi connectivity index (χ2n) is 4.60. The molecule has 2 atom stereocenters. The molecule has 0 radical (unpaired) electrons. The Hall–Kier alpha value is -0.340. The first kappa shape index (κ1) is 17.7. The predicted molar refractivity (Wildman–Crippen MR) is 60.0 cm³/mol. The van der Waals surface area contributed by atoms with Crippen molar-refractivity contribution in [1.29, 1.82) is 0 Å². The van der Waals surface area contributed by atoms with Crippen molar-refractivity contribution in [1.82, 2.24) is 0 Å². The van der Waals surface area contributed by atoms with Crippen molar-refractivity contribution in [2.75, 3.05) is 19.6 Å². The van der Waals surface area contributed by atoms with Gasteiger partial charge in [0, 0.05) is 12.3 Å². The maximum Gasteiger partial charge on any atom is 0.485 e. The quantitative estimate of drug-likeness (QED) is 0.617. The van der Waals surface area contributed by atoms with Crippen molar-refractivity contribution in [3.8, 4) is 0 Å². The van der Waals surface area contributed by atoms with Gasteiger partial charge in [-0.25, -0.2) is 8.42 Å². The standard InChI is InChI=1S/C9H19N.CHF3O3S/c1-3-4-6-10-7-5-9(2)8-10;2-1(3,4)8(5,6)7/h9H,3-8H2,1-2H3;(H,5,6,7). The van der Waals surface area contributed by atoms with Crippen LogP contribution in [-0.4, -0.2) is 38.1 Å². The number of quaternary nitrogens is 1. The average Bonchev–Trinajstić information content (AvgIpc) is 2.59. The molecule has 1 fully saturated rings. The molecule has 1 rings (SSSR count). The molecule has 110 valence electrons. The Bertz CT molecular complexity index is 330. The molecule has 0 spiro atoms. The zero-order valence-corrected chi connectivity index (χ0v) is 11.4. The lowest BCUT2D eigenvalue weighted by Gasteiger charge is -2.10. The van der Waals surface area contributed by atoms with Crippen LogP contribution in [0.4, 0.5) is 13.2 Å². The van der Waals surface area contributed by atoms with Gasteiger partial charge in [0.1, 0.15) is 0 Å². The SMILES string of the molecule is CCCC[NH+]1CCC(C)C1.O=S(=O)([O-])C(F)(F)F. The summed E-state index contributed by atoms with van der Waals surface area (Å²) in [4.78, 5) is 1.84. The van der Waals surface area contributed by atoms with Crippen LogP contribution in [0, 0.1) is 5.92 Å². The van der Waals surface area contributed by atoms with Gasteiger partial charge in [-0.3, -0.25) is 0 Å². The molecule has 1 aliphatic rings. The average molecular weight is 291 g/mol. The summed E-state index contributed by atoms with van der Waals surface area (Å²) >= 11 is 0. The third-order valence-electron chi connectivity index (χ3n) is 2.80. The fraction of sp³-hybridized carbons (Fsp3) is 1.00. The van der Waals surface area contributed by atoms with E-state index in [0.29, 0.717) is 0 Å². The fourth-order valence-corrected chi connectivity index (χ4v) is 1.80. The molecule has 4 nitrogen and oxygen atoms in total. The maximum atomic E-state index is 10.7. The topological polar surface area (TPSA) is 61.6 Å². The fourth-order valence-electron chi connectivity index (χ4n) is 1.80.